The quantitative estimate of drug-likeness (QED) is 0.741. The van der Waals surface area contributed by atoms with Gasteiger partial charge in [0.15, 0.2) is 0 Å². The standard InChI is InChI=1S/C13H12Cl2N2S/c1-8(2)13-16-11(15)7-12(17-13)18-10-6-4-3-5-9(10)14/h3-8H,1-2H3. The molecular weight excluding hydrogens is 287 g/mol. The summed E-state index contributed by atoms with van der Waals surface area (Å²) in [6.45, 7) is 4.07. The number of hydrogen-bond donors (Lipinski definition) is 0. The maximum Gasteiger partial charge on any atom is 0.133 e. The Balaban J connectivity index is 2.32. The number of hydrogen-bond acceptors (Lipinski definition) is 3. The summed E-state index contributed by atoms with van der Waals surface area (Å²) in [5.74, 6) is 0.992. The molecule has 94 valence electrons. The third-order valence-electron chi connectivity index (χ3n) is 2.26. The molecule has 0 saturated heterocycles. The molecule has 0 radical (unpaired) electrons. The van der Waals surface area contributed by atoms with E-state index in [1.54, 1.807) is 6.07 Å². The summed E-state index contributed by atoms with van der Waals surface area (Å²) in [6.07, 6.45) is 0. The van der Waals surface area contributed by atoms with Crippen molar-refractivity contribution >= 4 is 35.0 Å². The normalized spacial score (nSPS) is 10.9. The molecule has 0 aliphatic carbocycles. The first kappa shape index (κ1) is 13.7. The van der Waals surface area contributed by atoms with Gasteiger partial charge >= 0.3 is 0 Å². The number of aromatic nitrogens is 2. The molecule has 1 heterocycles. The van der Waals surface area contributed by atoms with Crippen LogP contribution in [0, 0.1) is 0 Å². The topological polar surface area (TPSA) is 25.8 Å². The molecule has 0 bridgehead atoms. The predicted octanol–water partition coefficient (Wildman–Crippen LogP) is 5.06. The molecule has 18 heavy (non-hydrogen) atoms. The van der Waals surface area contributed by atoms with Gasteiger partial charge in [-0.15, -0.1) is 0 Å². The second-order valence-electron chi connectivity index (χ2n) is 4.07. The van der Waals surface area contributed by atoms with Crippen molar-refractivity contribution in [1.82, 2.24) is 9.97 Å². The lowest BCUT2D eigenvalue weighted by Crippen LogP contribution is -1.98. The Kier molecular flexibility index (Phi) is 4.49. The molecule has 2 aromatic rings. The van der Waals surface area contributed by atoms with Gasteiger partial charge in [0.1, 0.15) is 16.0 Å². The molecular formula is C13H12Cl2N2S. The fraction of sp³-hybridized carbons (Fsp3) is 0.231. The van der Waals surface area contributed by atoms with Gasteiger partial charge in [-0.2, -0.15) is 0 Å². The average Bonchev–Trinajstić information content (AvgIpc) is 2.31. The van der Waals surface area contributed by atoms with E-state index in [0.29, 0.717) is 10.2 Å². The van der Waals surface area contributed by atoms with Crippen molar-refractivity contribution in [1.29, 1.82) is 0 Å². The minimum atomic E-state index is 0.245. The highest BCUT2D eigenvalue weighted by atomic mass is 35.5. The minimum Gasteiger partial charge on any atom is -0.226 e. The van der Waals surface area contributed by atoms with E-state index in [9.17, 15) is 0 Å². The Labute approximate surface area is 121 Å². The van der Waals surface area contributed by atoms with E-state index in [2.05, 4.69) is 9.97 Å². The Hall–Kier alpha value is -0.770. The van der Waals surface area contributed by atoms with E-state index < -0.39 is 0 Å². The van der Waals surface area contributed by atoms with Gasteiger partial charge in [-0.1, -0.05) is 60.9 Å². The van der Waals surface area contributed by atoms with Crippen LogP contribution in [-0.2, 0) is 0 Å². The first-order valence-electron chi connectivity index (χ1n) is 5.53. The molecule has 0 aliphatic rings. The lowest BCUT2D eigenvalue weighted by atomic mass is 10.2. The number of halogens is 2. The molecule has 0 spiro atoms. The number of rotatable bonds is 3. The third kappa shape index (κ3) is 3.37. The summed E-state index contributed by atoms with van der Waals surface area (Å²) in [5.41, 5.74) is 0. The molecule has 0 N–H and O–H groups in total. The SMILES string of the molecule is CC(C)c1nc(Cl)cc(Sc2ccccc2Cl)n1. The monoisotopic (exact) mass is 298 g/mol. The maximum atomic E-state index is 6.12. The number of benzene rings is 1. The summed E-state index contributed by atoms with van der Waals surface area (Å²) in [4.78, 5) is 9.65. The van der Waals surface area contributed by atoms with Crippen molar-refractivity contribution in [2.75, 3.05) is 0 Å². The van der Waals surface area contributed by atoms with E-state index in [1.165, 1.54) is 11.8 Å². The van der Waals surface area contributed by atoms with Crippen molar-refractivity contribution in [3.63, 3.8) is 0 Å². The molecule has 0 aliphatic heterocycles. The van der Waals surface area contributed by atoms with Gasteiger partial charge in [0, 0.05) is 16.9 Å². The molecule has 5 heteroatoms. The summed E-state index contributed by atoms with van der Waals surface area (Å²) in [5, 5.41) is 1.98. The van der Waals surface area contributed by atoms with E-state index in [-0.39, 0.29) is 5.92 Å². The highest BCUT2D eigenvalue weighted by Crippen LogP contribution is 2.33. The lowest BCUT2D eigenvalue weighted by Gasteiger charge is -2.07. The molecule has 0 atom stereocenters. The molecule has 0 amide bonds. The summed E-state index contributed by atoms with van der Waals surface area (Å²) in [6, 6.07) is 9.41. The summed E-state index contributed by atoms with van der Waals surface area (Å²) in [7, 11) is 0. The van der Waals surface area contributed by atoms with Gasteiger partial charge in [0.2, 0.25) is 0 Å². The molecule has 0 fully saturated rings. The van der Waals surface area contributed by atoms with Crippen LogP contribution in [0.25, 0.3) is 0 Å². The van der Waals surface area contributed by atoms with Crippen molar-refractivity contribution in [3.8, 4) is 0 Å². The molecule has 2 rings (SSSR count). The summed E-state index contributed by atoms with van der Waals surface area (Å²) >= 11 is 13.6. The second-order valence-corrected chi connectivity index (χ2v) is 5.93. The number of nitrogens with zero attached hydrogens (tertiary/aromatic N) is 2. The average molecular weight is 299 g/mol. The Morgan fingerprint density at radius 1 is 1.11 bits per heavy atom. The van der Waals surface area contributed by atoms with Crippen molar-refractivity contribution < 1.29 is 0 Å². The Bertz CT molecular complexity index is 558. The minimum absolute atomic E-state index is 0.245. The van der Waals surface area contributed by atoms with Gasteiger partial charge < -0.3 is 0 Å². The van der Waals surface area contributed by atoms with Gasteiger partial charge in [-0.3, -0.25) is 0 Å². The van der Waals surface area contributed by atoms with E-state index in [0.717, 1.165) is 15.7 Å². The van der Waals surface area contributed by atoms with Crippen LogP contribution in [0.5, 0.6) is 0 Å². The zero-order valence-electron chi connectivity index (χ0n) is 10.0. The highest BCUT2D eigenvalue weighted by Gasteiger charge is 2.09. The predicted molar refractivity (Wildman–Crippen MR) is 76.7 cm³/mol. The van der Waals surface area contributed by atoms with E-state index in [1.807, 2.05) is 38.1 Å². The van der Waals surface area contributed by atoms with E-state index >= 15 is 0 Å². The van der Waals surface area contributed by atoms with Crippen LogP contribution in [0.2, 0.25) is 10.2 Å². The fourth-order valence-electron chi connectivity index (χ4n) is 1.36. The summed E-state index contributed by atoms with van der Waals surface area (Å²) < 4.78 is 0. The maximum absolute atomic E-state index is 6.12. The Morgan fingerprint density at radius 3 is 2.50 bits per heavy atom. The van der Waals surface area contributed by atoms with Crippen LogP contribution >= 0.6 is 35.0 Å². The first-order chi connectivity index (χ1) is 8.56. The smallest absolute Gasteiger partial charge is 0.133 e. The van der Waals surface area contributed by atoms with Crippen LogP contribution in [-0.4, -0.2) is 9.97 Å². The molecule has 1 aromatic heterocycles. The zero-order chi connectivity index (χ0) is 13.1. The zero-order valence-corrected chi connectivity index (χ0v) is 12.4. The van der Waals surface area contributed by atoms with Crippen LogP contribution < -0.4 is 0 Å². The first-order valence-corrected chi connectivity index (χ1v) is 7.10. The van der Waals surface area contributed by atoms with Crippen molar-refractivity contribution in [3.05, 3.63) is 46.3 Å². The van der Waals surface area contributed by atoms with E-state index in [4.69, 9.17) is 23.2 Å². The molecule has 0 saturated carbocycles. The highest BCUT2D eigenvalue weighted by molar-refractivity contribution is 7.99. The fourth-order valence-corrected chi connectivity index (χ4v) is 2.72. The van der Waals surface area contributed by atoms with Crippen LogP contribution in [0.15, 0.2) is 40.3 Å². The van der Waals surface area contributed by atoms with Gasteiger partial charge in [0.25, 0.3) is 0 Å². The largest absolute Gasteiger partial charge is 0.226 e. The lowest BCUT2D eigenvalue weighted by molar-refractivity contribution is 0.753. The van der Waals surface area contributed by atoms with Crippen LogP contribution in [0.1, 0.15) is 25.6 Å². The molecule has 0 unspecified atom stereocenters. The second kappa shape index (κ2) is 5.91. The van der Waals surface area contributed by atoms with Gasteiger partial charge in [-0.25, -0.2) is 9.97 Å². The third-order valence-corrected chi connectivity index (χ3v) is 3.89. The van der Waals surface area contributed by atoms with Gasteiger partial charge in [-0.05, 0) is 12.1 Å². The van der Waals surface area contributed by atoms with Crippen LogP contribution in [0.4, 0.5) is 0 Å². The van der Waals surface area contributed by atoms with Gasteiger partial charge in [0.05, 0.1) is 5.02 Å². The van der Waals surface area contributed by atoms with Crippen LogP contribution in [0.3, 0.4) is 0 Å². The Morgan fingerprint density at radius 2 is 1.83 bits per heavy atom. The molecule has 1 aromatic carbocycles. The van der Waals surface area contributed by atoms with Crippen molar-refractivity contribution in [2.24, 2.45) is 0 Å². The van der Waals surface area contributed by atoms with Crippen molar-refractivity contribution in [2.45, 2.75) is 29.7 Å². The molecule has 2 nitrogen and oxygen atoms in total.